The highest BCUT2D eigenvalue weighted by Crippen LogP contribution is 2.15. The number of benzene rings is 2. The van der Waals surface area contributed by atoms with Crippen molar-refractivity contribution in [2.24, 2.45) is 5.10 Å². The largest absolute Gasteiger partial charge is 0.361 e. The summed E-state index contributed by atoms with van der Waals surface area (Å²) in [4.78, 5) is 12.1. The second-order valence-electron chi connectivity index (χ2n) is 4.61. The number of hydrazone groups is 1. The van der Waals surface area contributed by atoms with Crippen molar-refractivity contribution in [1.82, 2.24) is 4.90 Å². The number of nitrogens with zero attached hydrogens (tertiary/aromatic N) is 3. The van der Waals surface area contributed by atoms with Crippen LogP contribution in [0.3, 0.4) is 0 Å². The Hall–Kier alpha value is -2.89. The fraction of sp³-hybridized carbons (Fsp3) is 0.133. The molecule has 21 heavy (non-hydrogen) atoms. The predicted octanol–water partition coefficient (Wildman–Crippen LogP) is 2.93. The van der Waals surface area contributed by atoms with Crippen LogP contribution in [0, 0.1) is 10.1 Å². The fourth-order valence-corrected chi connectivity index (χ4v) is 1.79. The van der Waals surface area contributed by atoms with Crippen molar-refractivity contribution in [3.8, 4) is 0 Å². The first kappa shape index (κ1) is 14.5. The van der Waals surface area contributed by atoms with Crippen molar-refractivity contribution in [1.29, 1.82) is 0 Å². The molecule has 0 aromatic heterocycles. The lowest BCUT2D eigenvalue weighted by molar-refractivity contribution is -0.384. The molecule has 108 valence electrons. The predicted molar refractivity (Wildman–Crippen MR) is 83.4 cm³/mol. The first-order valence-corrected chi connectivity index (χ1v) is 6.39. The number of hydrogen-bond donors (Lipinski definition) is 1. The number of nitrogens with one attached hydrogen (secondary N) is 1. The molecule has 2 aromatic carbocycles. The second-order valence-corrected chi connectivity index (χ2v) is 4.61. The molecule has 0 heterocycles. The first-order valence-electron chi connectivity index (χ1n) is 6.39. The molecule has 0 bridgehead atoms. The summed E-state index contributed by atoms with van der Waals surface area (Å²) in [5.74, 6) is 0.772. The molecule has 0 fully saturated rings. The quantitative estimate of drug-likeness (QED) is 0.405. The van der Waals surface area contributed by atoms with E-state index in [2.05, 4.69) is 10.5 Å². The Morgan fingerprint density at radius 3 is 2.24 bits per heavy atom. The van der Waals surface area contributed by atoms with Crippen LogP contribution in [0.1, 0.15) is 5.56 Å². The van der Waals surface area contributed by atoms with Gasteiger partial charge in [0.15, 0.2) is 5.84 Å². The minimum absolute atomic E-state index is 0.0559. The molecule has 0 radical (unpaired) electrons. The van der Waals surface area contributed by atoms with Gasteiger partial charge in [-0.3, -0.25) is 15.5 Å². The van der Waals surface area contributed by atoms with E-state index >= 15 is 0 Å². The SMILES string of the molecule is CN(C)C(=NNc1ccc([N+](=O)[O-])cc1)c1ccccc1. The lowest BCUT2D eigenvalue weighted by Gasteiger charge is -2.16. The number of nitro benzene ring substituents is 1. The highest BCUT2D eigenvalue weighted by molar-refractivity contribution is 5.98. The van der Waals surface area contributed by atoms with Gasteiger partial charge in [0, 0.05) is 31.8 Å². The third kappa shape index (κ3) is 3.79. The molecule has 1 N–H and O–H groups in total. The molecule has 2 rings (SSSR count). The smallest absolute Gasteiger partial charge is 0.269 e. The number of non-ortho nitro benzene ring substituents is 1. The number of rotatable bonds is 4. The van der Waals surface area contributed by atoms with E-state index < -0.39 is 4.92 Å². The normalized spacial score (nSPS) is 11.0. The van der Waals surface area contributed by atoms with Crippen LogP contribution in [-0.2, 0) is 0 Å². The van der Waals surface area contributed by atoms with E-state index in [1.165, 1.54) is 12.1 Å². The van der Waals surface area contributed by atoms with E-state index in [-0.39, 0.29) is 5.69 Å². The van der Waals surface area contributed by atoms with Crippen molar-refractivity contribution in [2.75, 3.05) is 19.5 Å². The van der Waals surface area contributed by atoms with Crippen molar-refractivity contribution >= 4 is 17.2 Å². The van der Waals surface area contributed by atoms with E-state index in [1.807, 2.05) is 49.3 Å². The number of anilines is 1. The molecular weight excluding hydrogens is 268 g/mol. The maximum Gasteiger partial charge on any atom is 0.269 e. The summed E-state index contributed by atoms with van der Waals surface area (Å²) in [6, 6.07) is 15.9. The van der Waals surface area contributed by atoms with Crippen molar-refractivity contribution < 1.29 is 4.92 Å². The Morgan fingerprint density at radius 1 is 1.10 bits per heavy atom. The van der Waals surface area contributed by atoms with Crippen LogP contribution in [0.15, 0.2) is 59.7 Å². The van der Waals surface area contributed by atoms with Crippen molar-refractivity contribution in [2.45, 2.75) is 0 Å². The lowest BCUT2D eigenvalue weighted by Crippen LogP contribution is -2.24. The maximum atomic E-state index is 10.6. The molecule has 6 heteroatoms. The zero-order chi connectivity index (χ0) is 15.2. The van der Waals surface area contributed by atoms with Gasteiger partial charge in [-0.2, -0.15) is 5.10 Å². The molecule has 0 spiro atoms. The summed E-state index contributed by atoms with van der Waals surface area (Å²) in [5.41, 5.74) is 4.64. The Kier molecular flexibility index (Phi) is 4.50. The van der Waals surface area contributed by atoms with Crippen LogP contribution in [0.4, 0.5) is 11.4 Å². The molecule has 6 nitrogen and oxygen atoms in total. The first-order chi connectivity index (χ1) is 10.1. The Labute approximate surface area is 122 Å². The topological polar surface area (TPSA) is 70.8 Å². The molecule has 0 aliphatic carbocycles. The molecule has 2 aromatic rings. The Morgan fingerprint density at radius 2 is 1.71 bits per heavy atom. The fourth-order valence-electron chi connectivity index (χ4n) is 1.79. The third-order valence-corrected chi connectivity index (χ3v) is 2.82. The van der Waals surface area contributed by atoms with Gasteiger partial charge in [0.05, 0.1) is 10.6 Å². The van der Waals surface area contributed by atoms with E-state index in [0.717, 1.165) is 11.4 Å². The van der Waals surface area contributed by atoms with Crippen molar-refractivity contribution in [3.63, 3.8) is 0 Å². The van der Waals surface area contributed by atoms with Crippen LogP contribution < -0.4 is 5.43 Å². The molecule has 0 aliphatic rings. The average molecular weight is 284 g/mol. The van der Waals surface area contributed by atoms with E-state index in [1.54, 1.807) is 12.1 Å². The zero-order valence-electron chi connectivity index (χ0n) is 11.9. The van der Waals surface area contributed by atoms with E-state index in [9.17, 15) is 10.1 Å². The average Bonchev–Trinajstić information content (AvgIpc) is 2.48. The summed E-state index contributed by atoms with van der Waals surface area (Å²) < 4.78 is 0. The molecule has 0 saturated carbocycles. The summed E-state index contributed by atoms with van der Waals surface area (Å²) >= 11 is 0. The van der Waals surface area contributed by atoms with Gasteiger partial charge in [-0.25, -0.2) is 0 Å². The van der Waals surface area contributed by atoms with Crippen LogP contribution >= 0.6 is 0 Å². The molecule has 0 unspecified atom stereocenters. The van der Waals surface area contributed by atoms with Crippen LogP contribution in [0.25, 0.3) is 0 Å². The second kappa shape index (κ2) is 6.51. The number of amidine groups is 1. The molecule has 0 atom stereocenters. The summed E-state index contributed by atoms with van der Waals surface area (Å²) in [7, 11) is 3.81. The Balaban J connectivity index is 2.19. The Bertz CT molecular complexity index is 636. The molecule has 0 saturated heterocycles. The van der Waals surface area contributed by atoms with Gasteiger partial charge >= 0.3 is 0 Å². The number of nitro groups is 1. The minimum Gasteiger partial charge on any atom is -0.361 e. The van der Waals surface area contributed by atoms with Crippen molar-refractivity contribution in [3.05, 3.63) is 70.3 Å². The monoisotopic (exact) mass is 284 g/mol. The van der Waals surface area contributed by atoms with Crippen LogP contribution in [0.5, 0.6) is 0 Å². The van der Waals surface area contributed by atoms with E-state index in [4.69, 9.17) is 0 Å². The van der Waals surface area contributed by atoms with Gasteiger partial charge in [0.1, 0.15) is 0 Å². The van der Waals surface area contributed by atoms with Gasteiger partial charge < -0.3 is 4.90 Å². The van der Waals surface area contributed by atoms with Gasteiger partial charge in [0.2, 0.25) is 0 Å². The highest BCUT2D eigenvalue weighted by atomic mass is 16.6. The zero-order valence-corrected chi connectivity index (χ0v) is 11.9. The molecule has 0 amide bonds. The highest BCUT2D eigenvalue weighted by Gasteiger charge is 2.06. The van der Waals surface area contributed by atoms with Gasteiger partial charge in [-0.1, -0.05) is 30.3 Å². The third-order valence-electron chi connectivity index (χ3n) is 2.82. The standard InChI is InChI=1S/C15H16N4O2/c1-18(2)15(12-6-4-3-5-7-12)17-16-13-8-10-14(11-9-13)19(20)21/h3-11,16H,1-2H3. The summed E-state index contributed by atoms with van der Waals surface area (Å²) in [5, 5.41) is 15.0. The summed E-state index contributed by atoms with van der Waals surface area (Å²) in [6.45, 7) is 0. The maximum absolute atomic E-state index is 10.6. The molecule has 0 aliphatic heterocycles. The number of hydrogen-bond acceptors (Lipinski definition) is 4. The van der Waals surface area contributed by atoms with Gasteiger partial charge in [-0.15, -0.1) is 0 Å². The molecular formula is C15H16N4O2. The van der Waals surface area contributed by atoms with Gasteiger partial charge in [0.25, 0.3) is 5.69 Å². The van der Waals surface area contributed by atoms with E-state index in [0.29, 0.717) is 5.69 Å². The van der Waals surface area contributed by atoms with Gasteiger partial charge in [-0.05, 0) is 12.1 Å². The van der Waals surface area contributed by atoms with Crippen LogP contribution in [-0.4, -0.2) is 29.8 Å². The van der Waals surface area contributed by atoms with Crippen LogP contribution in [0.2, 0.25) is 0 Å². The summed E-state index contributed by atoms with van der Waals surface area (Å²) in [6.07, 6.45) is 0. The minimum atomic E-state index is -0.428. The lowest BCUT2D eigenvalue weighted by atomic mass is 10.2.